The van der Waals surface area contributed by atoms with Gasteiger partial charge in [0.05, 0.1) is 18.2 Å². The first-order valence-electron chi connectivity index (χ1n) is 16.7. The number of carboxylic acids is 1. The Bertz CT molecular complexity index is 2390. The number of benzene rings is 6. The summed E-state index contributed by atoms with van der Waals surface area (Å²) >= 11 is 6.85. The van der Waals surface area contributed by atoms with Gasteiger partial charge in [-0.15, -0.1) is 0 Å². The van der Waals surface area contributed by atoms with E-state index in [0.717, 1.165) is 31.2 Å². The topological polar surface area (TPSA) is 63.6 Å². The van der Waals surface area contributed by atoms with Crippen LogP contribution in [0.5, 0.6) is 0 Å². The summed E-state index contributed by atoms with van der Waals surface area (Å²) in [6.45, 7) is 8.91. The summed E-state index contributed by atoms with van der Waals surface area (Å²) in [5, 5.41) is 9.68. The van der Waals surface area contributed by atoms with Crippen LogP contribution in [0.1, 0.15) is 70.7 Å². The summed E-state index contributed by atoms with van der Waals surface area (Å²) in [6.07, 6.45) is 0. The number of carboxylic acid groups (broad SMARTS) is 1. The molecule has 0 fully saturated rings. The lowest BCUT2D eigenvalue weighted by Gasteiger charge is -2.25. The van der Waals surface area contributed by atoms with Gasteiger partial charge in [0, 0.05) is 19.8 Å². The Hall–Kier alpha value is -4.78. The van der Waals surface area contributed by atoms with E-state index in [4.69, 9.17) is 4.74 Å². The normalized spacial score (nSPS) is 13.9. The van der Waals surface area contributed by atoms with Crippen LogP contribution in [0.4, 0.5) is 0 Å². The number of fused-ring (bicyclic) bond motifs is 6. The molecule has 6 aromatic rings. The van der Waals surface area contributed by atoms with Gasteiger partial charge < -0.3 is 9.84 Å². The fraction of sp³-hybridized carbons (Fsp3) is 0.156. The fourth-order valence-corrected chi connectivity index (χ4v) is 8.83. The lowest BCUT2D eigenvalue weighted by atomic mass is 9.78. The second kappa shape index (κ2) is 13.1. The maximum Gasteiger partial charge on any atom is 0.338 e. The standard InChI is InChI=1S/C23H19BrO2.C22H17BrO2/c1-23(2)20-10-5-4-7-16(20)18-9-6-8-17(21(18)23)15-12-11-14(24)13-19(15)22(25)26-3;1-22(2)19-9-4-3-6-15(19)17-8-5-7-16(20(17)22)14-11-10-13(23)12-18(14)21(24)25/h4-13H,1-3H3;3-12H,1-2H3,(H,24,25). The first-order valence-corrected chi connectivity index (χ1v) is 18.3. The van der Waals surface area contributed by atoms with Crippen molar-refractivity contribution < 1.29 is 19.4 Å². The third kappa shape index (κ3) is 5.75. The van der Waals surface area contributed by atoms with Crippen LogP contribution in [0.3, 0.4) is 0 Å². The summed E-state index contributed by atoms with van der Waals surface area (Å²) in [6, 6.07) is 40.7. The molecule has 0 radical (unpaired) electrons. The Labute approximate surface area is 315 Å². The van der Waals surface area contributed by atoms with Crippen LogP contribution in [0, 0.1) is 0 Å². The second-order valence-electron chi connectivity index (χ2n) is 14.0. The van der Waals surface area contributed by atoms with Crippen LogP contribution in [-0.4, -0.2) is 24.2 Å². The number of carbonyl (C=O) groups excluding carboxylic acids is 1. The van der Waals surface area contributed by atoms with Gasteiger partial charge in [0.1, 0.15) is 0 Å². The summed E-state index contributed by atoms with van der Waals surface area (Å²) in [5.74, 6) is -1.24. The molecule has 0 amide bonds. The number of hydrogen-bond acceptors (Lipinski definition) is 3. The molecule has 6 aromatic carbocycles. The molecular formula is C45H36Br2O4. The second-order valence-corrected chi connectivity index (χ2v) is 15.8. The number of rotatable bonds is 4. The highest BCUT2D eigenvalue weighted by molar-refractivity contribution is 9.10. The van der Waals surface area contributed by atoms with Crippen LogP contribution in [0.25, 0.3) is 44.5 Å². The number of esters is 1. The maximum atomic E-state index is 12.4. The molecule has 8 rings (SSSR count). The molecule has 254 valence electrons. The molecule has 2 aliphatic carbocycles. The van der Waals surface area contributed by atoms with E-state index in [2.05, 4.69) is 132 Å². The van der Waals surface area contributed by atoms with Crippen molar-refractivity contribution in [2.24, 2.45) is 0 Å². The van der Waals surface area contributed by atoms with E-state index < -0.39 is 5.97 Å². The molecule has 0 aliphatic heterocycles. The fourth-order valence-electron chi connectivity index (χ4n) is 8.10. The van der Waals surface area contributed by atoms with E-state index in [0.29, 0.717) is 11.1 Å². The zero-order valence-corrected chi connectivity index (χ0v) is 32.1. The zero-order valence-electron chi connectivity index (χ0n) is 29.0. The van der Waals surface area contributed by atoms with Crippen molar-refractivity contribution in [3.8, 4) is 44.5 Å². The molecule has 0 saturated heterocycles. The average Bonchev–Trinajstić information content (AvgIpc) is 3.51. The minimum atomic E-state index is -0.915. The first kappa shape index (κ1) is 34.7. The molecule has 1 N–H and O–H groups in total. The summed E-state index contributed by atoms with van der Waals surface area (Å²) in [7, 11) is 1.42. The predicted octanol–water partition coefficient (Wildman–Crippen LogP) is 12.3. The highest BCUT2D eigenvalue weighted by atomic mass is 79.9. The minimum absolute atomic E-state index is 0.136. The van der Waals surface area contributed by atoms with E-state index in [9.17, 15) is 14.7 Å². The Balaban J connectivity index is 0.000000159. The molecule has 4 nitrogen and oxygen atoms in total. The van der Waals surface area contributed by atoms with Crippen molar-refractivity contribution in [1.29, 1.82) is 0 Å². The number of halogens is 2. The minimum Gasteiger partial charge on any atom is -0.478 e. The molecule has 0 bridgehead atoms. The van der Waals surface area contributed by atoms with Crippen molar-refractivity contribution in [3.05, 3.63) is 164 Å². The molecular weight excluding hydrogens is 764 g/mol. The molecule has 0 atom stereocenters. The van der Waals surface area contributed by atoms with E-state index in [1.54, 1.807) is 6.07 Å². The number of aromatic carboxylic acids is 1. The molecule has 0 saturated carbocycles. The number of hydrogen-bond donors (Lipinski definition) is 1. The third-order valence-corrected chi connectivity index (χ3v) is 11.3. The van der Waals surface area contributed by atoms with E-state index in [-0.39, 0.29) is 16.8 Å². The number of ether oxygens (including phenoxy) is 1. The highest BCUT2D eigenvalue weighted by Gasteiger charge is 2.39. The molecule has 6 heteroatoms. The Morgan fingerprint density at radius 1 is 0.510 bits per heavy atom. The monoisotopic (exact) mass is 798 g/mol. The lowest BCUT2D eigenvalue weighted by Crippen LogP contribution is -2.16. The molecule has 0 unspecified atom stereocenters. The van der Waals surface area contributed by atoms with E-state index in [1.807, 2.05) is 42.5 Å². The summed E-state index contributed by atoms with van der Waals surface area (Å²) in [5.41, 5.74) is 14.3. The highest BCUT2D eigenvalue weighted by Crippen LogP contribution is 2.53. The summed E-state index contributed by atoms with van der Waals surface area (Å²) < 4.78 is 6.65. The summed E-state index contributed by atoms with van der Waals surface area (Å²) in [4.78, 5) is 24.2. The van der Waals surface area contributed by atoms with Crippen molar-refractivity contribution in [2.45, 2.75) is 38.5 Å². The van der Waals surface area contributed by atoms with Gasteiger partial charge >= 0.3 is 11.9 Å². The van der Waals surface area contributed by atoms with Crippen molar-refractivity contribution >= 4 is 43.8 Å². The Kier molecular flexibility index (Phi) is 8.89. The quantitative estimate of drug-likeness (QED) is 0.180. The molecule has 51 heavy (non-hydrogen) atoms. The lowest BCUT2D eigenvalue weighted by molar-refractivity contribution is 0.0600. The van der Waals surface area contributed by atoms with Crippen LogP contribution >= 0.6 is 31.9 Å². The maximum absolute atomic E-state index is 12.4. The van der Waals surface area contributed by atoms with Crippen molar-refractivity contribution in [3.63, 3.8) is 0 Å². The molecule has 2 aliphatic rings. The zero-order chi connectivity index (χ0) is 36.2. The van der Waals surface area contributed by atoms with E-state index >= 15 is 0 Å². The van der Waals surface area contributed by atoms with Crippen LogP contribution < -0.4 is 0 Å². The molecule has 0 aromatic heterocycles. The van der Waals surface area contributed by atoms with Crippen LogP contribution in [0.2, 0.25) is 0 Å². The van der Waals surface area contributed by atoms with Gasteiger partial charge in [0.15, 0.2) is 0 Å². The Morgan fingerprint density at radius 2 is 0.882 bits per heavy atom. The molecule has 0 heterocycles. The van der Waals surface area contributed by atoms with Gasteiger partial charge in [-0.1, -0.05) is 157 Å². The SMILES string of the molecule is CC1(C)c2ccccc2-c2cccc(-c3ccc(Br)cc3C(=O)O)c21.COC(=O)c1cc(Br)ccc1-c1cccc2c1C(C)(C)c1ccccc1-2. The largest absolute Gasteiger partial charge is 0.478 e. The van der Waals surface area contributed by atoms with Crippen LogP contribution in [0.15, 0.2) is 130 Å². The van der Waals surface area contributed by atoms with E-state index in [1.165, 1.54) is 51.6 Å². The van der Waals surface area contributed by atoms with Crippen LogP contribution in [-0.2, 0) is 15.6 Å². The smallest absolute Gasteiger partial charge is 0.338 e. The van der Waals surface area contributed by atoms with Gasteiger partial charge in [-0.25, -0.2) is 9.59 Å². The van der Waals surface area contributed by atoms with Crippen molar-refractivity contribution in [1.82, 2.24) is 0 Å². The predicted molar refractivity (Wildman–Crippen MR) is 213 cm³/mol. The average molecular weight is 801 g/mol. The van der Waals surface area contributed by atoms with Gasteiger partial charge in [0.25, 0.3) is 0 Å². The Morgan fingerprint density at radius 3 is 1.31 bits per heavy atom. The number of methoxy groups -OCH3 is 1. The van der Waals surface area contributed by atoms with Gasteiger partial charge in [-0.05, 0) is 91.0 Å². The van der Waals surface area contributed by atoms with Gasteiger partial charge in [-0.3, -0.25) is 0 Å². The van der Waals surface area contributed by atoms with Gasteiger partial charge in [-0.2, -0.15) is 0 Å². The molecule has 0 spiro atoms. The third-order valence-electron chi connectivity index (χ3n) is 10.3. The van der Waals surface area contributed by atoms with Crippen molar-refractivity contribution in [2.75, 3.05) is 7.11 Å². The first-order chi connectivity index (χ1) is 24.4. The van der Waals surface area contributed by atoms with Gasteiger partial charge in [0.2, 0.25) is 0 Å². The number of carbonyl (C=O) groups is 2.